The van der Waals surface area contributed by atoms with Crippen molar-refractivity contribution in [2.24, 2.45) is 0 Å². The number of anilines is 1. The zero-order valence-corrected chi connectivity index (χ0v) is 16.0. The van der Waals surface area contributed by atoms with Gasteiger partial charge in [0.2, 0.25) is 5.91 Å². The molecule has 2 aromatic rings. The van der Waals surface area contributed by atoms with Gasteiger partial charge in [0.25, 0.3) is 0 Å². The minimum atomic E-state index is -0.195. The fraction of sp³-hybridized carbons (Fsp3) is 0.333. The molecule has 0 atom stereocenters. The largest absolute Gasteiger partial charge is 0.337 e. The summed E-state index contributed by atoms with van der Waals surface area (Å²) >= 11 is 0. The van der Waals surface area contributed by atoms with Gasteiger partial charge >= 0.3 is 6.03 Å². The molecule has 27 heavy (non-hydrogen) atoms. The normalized spacial score (nSPS) is 10.3. The number of hydrogen-bond acceptors (Lipinski definition) is 3. The van der Waals surface area contributed by atoms with Crippen molar-refractivity contribution < 1.29 is 9.59 Å². The second-order valence-electron chi connectivity index (χ2n) is 6.35. The molecule has 0 radical (unpaired) electrons. The molecular weight excluding hydrogens is 340 g/mol. The molecular formula is C21H28N4O2. The quantitative estimate of drug-likeness (QED) is 0.637. The third-order valence-electron chi connectivity index (χ3n) is 4.03. The lowest BCUT2D eigenvalue weighted by Gasteiger charge is -2.18. The van der Waals surface area contributed by atoms with Gasteiger partial charge in [-0.05, 0) is 29.8 Å². The van der Waals surface area contributed by atoms with Crippen molar-refractivity contribution >= 4 is 17.6 Å². The predicted octanol–water partition coefficient (Wildman–Crippen LogP) is 2.97. The molecule has 3 N–H and O–H groups in total. The van der Waals surface area contributed by atoms with E-state index in [0.29, 0.717) is 13.1 Å². The number of carbonyl (C=O) groups is 2. The van der Waals surface area contributed by atoms with E-state index in [2.05, 4.69) is 22.9 Å². The standard InChI is InChI=1S/C21H28N4O2/c1-3-22-15-18-10-7-11-19(14-18)24-20(26)12-13-23-21(27)25(2)16-17-8-5-4-6-9-17/h4-11,14,22H,3,12-13,15-16H2,1-2H3,(H,23,27)(H,24,26). The number of benzene rings is 2. The van der Waals surface area contributed by atoms with Gasteiger partial charge in [-0.15, -0.1) is 0 Å². The van der Waals surface area contributed by atoms with E-state index in [1.807, 2.05) is 54.6 Å². The molecule has 0 bridgehead atoms. The Morgan fingerprint density at radius 2 is 1.74 bits per heavy atom. The van der Waals surface area contributed by atoms with E-state index in [1.165, 1.54) is 0 Å². The zero-order chi connectivity index (χ0) is 19.5. The number of rotatable bonds is 9. The summed E-state index contributed by atoms with van der Waals surface area (Å²) in [6.07, 6.45) is 0.225. The Balaban J connectivity index is 1.71. The highest BCUT2D eigenvalue weighted by atomic mass is 16.2. The van der Waals surface area contributed by atoms with E-state index in [-0.39, 0.29) is 18.4 Å². The van der Waals surface area contributed by atoms with Crippen molar-refractivity contribution in [3.63, 3.8) is 0 Å². The Kier molecular flexibility index (Phi) is 8.32. The van der Waals surface area contributed by atoms with Gasteiger partial charge in [0.1, 0.15) is 0 Å². The molecule has 0 aromatic heterocycles. The lowest BCUT2D eigenvalue weighted by atomic mass is 10.2. The summed E-state index contributed by atoms with van der Waals surface area (Å²) < 4.78 is 0. The highest BCUT2D eigenvalue weighted by molar-refractivity contribution is 5.91. The lowest BCUT2D eigenvalue weighted by Crippen LogP contribution is -2.38. The van der Waals surface area contributed by atoms with Crippen molar-refractivity contribution in [3.8, 4) is 0 Å². The number of nitrogens with one attached hydrogen (secondary N) is 3. The first kappa shape index (κ1) is 20.5. The van der Waals surface area contributed by atoms with Gasteiger partial charge in [-0.2, -0.15) is 0 Å². The minimum absolute atomic E-state index is 0.124. The molecule has 144 valence electrons. The first-order valence-electron chi connectivity index (χ1n) is 9.21. The number of urea groups is 1. The summed E-state index contributed by atoms with van der Waals surface area (Å²) in [6.45, 7) is 4.54. The molecule has 0 aliphatic rings. The van der Waals surface area contributed by atoms with Crippen LogP contribution >= 0.6 is 0 Å². The van der Waals surface area contributed by atoms with Crippen LogP contribution in [0.25, 0.3) is 0 Å². The van der Waals surface area contributed by atoms with Crippen LogP contribution in [0, 0.1) is 0 Å². The molecule has 0 saturated carbocycles. The van der Waals surface area contributed by atoms with Crippen LogP contribution in [-0.4, -0.2) is 37.0 Å². The molecule has 0 heterocycles. The van der Waals surface area contributed by atoms with Crippen LogP contribution in [0.15, 0.2) is 54.6 Å². The summed E-state index contributed by atoms with van der Waals surface area (Å²) in [7, 11) is 1.73. The predicted molar refractivity (Wildman–Crippen MR) is 108 cm³/mol. The summed E-state index contributed by atoms with van der Waals surface area (Å²) in [5.41, 5.74) is 2.94. The van der Waals surface area contributed by atoms with E-state index in [9.17, 15) is 9.59 Å². The minimum Gasteiger partial charge on any atom is -0.337 e. The van der Waals surface area contributed by atoms with Gasteiger partial charge in [0.15, 0.2) is 0 Å². The molecule has 6 heteroatoms. The van der Waals surface area contributed by atoms with Crippen LogP contribution in [-0.2, 0) is 17.9 Å². The second-order valence-corrected chi connectivity index (χ2v) is 6.35. The van der Waals surface area contributed by atoms with E-state index < -0.39 is 0 Å². The van der Waals surface area contributed by atoms with E-state index in [1.54, 1.807) is 11.9 Å². The highest BCUT2D eigenvalue weighted by Crippen LogP contribution is 2.11. The Hall–Kier alpha value is -2.86. The van der Waals surface area contributed by atoms with Gasteiger partial charge in [0, 0.05) is 38.8 Å². The maximum absolute atomic E-state index is 12.1. The third kappa shape index (κ3) is 7.50. The van der Waals surface area contributed by atoms with Gasteiger partial charge in [-0.25, -0.2) is 4.79 Å². The SMILES string of the molecule is CCNCc1cccc(NC(=O)CCNC(=O)N(C)Cc2ccccc2)c1. The molecule has 2 aromatic carbocycles. The van der Waals surface area contributed by atoms with Crippen LogP contribution < -0.4 is 16.0 Å². The van der Waals surface area contributed by atoms with Crippen molar-refractivity contribution in [1.29, 1.82) is 0 Å². The average Bonchev–Trinajstić information content (AvgIpc) is 2.67. The molecule has 3 amide bonds. The van der Waals surface area contributed by atoms with Gasteiger partial charge in [-0.3, -0.25) is 4.79 Å². The zero-order valence-electron chi connectivity index (χ0n) is 16.0. The first-order chi connectivity index (χ1) is 13.1. The van der Waals surface area contributed by atoms with E-state index in [0.717, 1.165) is 29.9 Å². The fourth-order valence-corrected chi connectivity index (χ4v) is 2.60. The maximum Gasteiger partial charge on any atom is 0.317 e. The smallest absolute Gasteiger partial charge is 0.317 e. The van der Waals surface area contributed by atoms with Gasteiger partial charge in [-0.1, -0.05) is 49.4 Å². The maximum atomic E-state index is 12.1. The first-order valence-corrected chi connectivity index (χ1v) is 9.21. The molecule has 2 rings (SSSR count). The molecule has 0 spiro atoms. The summed E-state index contributed by atoms with van der Waals surface area (Å²) in [5.74, 6) is -0.124. The number of hydrogen-bond donors (Lipinski definition) is 3. The fourth-order valence-electron chi connectivity index (χ4n) is 2.60. The molecule has 0 fully saturated rings. The van der Waals surface area contributed by atoms with Gasteiger partial charge in [0.05, 0.1) is 0 Å². The topological polar surface area (TPSA) is 73.5 Å². The third-order valence-corrected chi connectivity index (χ3v) is 4.03. The summed E-state index contributed by atoms with van der Waals surface area (Å²) in [6, 6.07) is 17.3. The number of nitrogens with zero attached hydrogens (tertiary/aromatic N) is 1. The van der Waals surface area contributed by atoms with Crippen LogP contribution in [0.5, 0.6) is 0 Å². The van der Waals surface area contributed by atoms with E-state index >= 15 is 0 Å². The summed E-state index contributed by atoms with van der Waals surface area (Å²) in [4.78, 5) is 25.8. The van der Waals surface area contributed by atoms with Crippen LogP contribution in [0.3, 0.4) is 0 Å². The van der Waals surface area contributed by atoms with Gasteiger partial charge < -0.3 is 20.9 Å². The Bertz CT molecular complexity index is 734. The Labute approximate surface area is 161 Å². The van der Waals surface area contributed by atoms with E-state index in [4.69, 9.17) is 0 Å². The van der Waals surface area contributed by atoms with Crippen molar-refractivity contribution in [1.82, 2.24) is 15.5 Å². The van der Waals surface area contributed by atoms with Crippen LogP contribution in [0.2, 0.25) is 0 Å². The highest BCUT2D eigenvalue weighted by Gasteiger charge is 2.09. The second kappa shape index (κ2) is 11.0. The Morgan fingerprint density at radius 3 is 2.48 bits per heavy atom. The van der Waals surface area contributed by atoms with Crippen molar-refractivity contribution in [3.05, 3.63) is 65.7 Å². The van der Waals surface area contributed by atoms with Crippen molar-refractivity contribution in [2.45, 2.75) is 26.4 Å². The van der Waals surface area contributed by atoms with Crippen LogP contribution in [0.1, 0.15) is 24.5 Å². The molecule has 0 unspecified atom stereocenters. The molecule has 0 saturated heterocycles. The Morgan fingerprint density at radius 1 is 1.00 bits per heavy atom. The molecule has 6 nitrogen and oxygen atoms in total. The molecule has 0 aliphatic carbocycles. The average molecular weight is 368 g/mol. The lowest BCUT2D eigenvalue weighted by molar-refractivity contribution is -0.116. The van der Waals surface area contributed by atoms with Crippen molar-refractivity contribution in [2.75, 3.05) is 25.5 Å². The molecule has 0 aliphatic heterocycles. The monoisotopic (exact) mass is 368 g/mol. The number of carbonyl (C=O) groups excluding carboxylic acids is 2. The van der Waals surface area contributed by atoms with Crippen LogP contribution in [0.4, 0.5) is 10.5 Å². The summed E-state index contributed by atoms with van der Waals surface area (Å²) in [5, 5.41) is 8.90. The number of amides is 3.